The van der Waals surface area contributed by atoms with E-state index in [2.05, 4.69) is 15.3 Å². The Balaban J connectivity index is 2.33. The number of aromatic amines is 2. The van der Waals surface area contributed by atoms with Gasteiger partial charge in [-0.1, -0.05) is 37.3 Å². The number of fused-ring (bicyclic) bond motifs is 1. The third-order valence-corrected chi connectivity index (χ3v) is 4.03. The summed E-state index contributed by atoms with van der Waals surface area (Å²) in [5, 5.41) is 2.99. The molecular formula is C17H17N3O3. The molecule has 0 saturated carbocycles. The number of anilines is 1. The van der Waals surface area contributed by atoms with Crippen LogP contribution in [0.25, 0.3) is 0 Å². The Morgan fingerprint density at radius 3 is 2.48 bits per heavy atom. The molecule has 0 amide bonds. The highest BCUT2D eigenvalue weighted by atomic mass is 16.2. The van der Waals surface area contributed by atoms with Crippen molar-refractivity contribution in [1.82, 2.24) is 9.97 Å². The molecule has 0 spiro atoms. The average Bonchev–Trinajstić information content (AvgIpc) is 2.53. The minimum Gasteiger partial charge on any atom is -0.345 e. The zero-order valence-corrected chi connectivity index (χ0v) is 12.9. The van der Waals surface area contributed by atoms with Crippen molar-refractivity contribution in [3.05, 3.63) is 73.6 Å². The molecule has 2 heterocycles. The first-order chi connectivity index (χ1) is 11.0. The predicted octanol–water partition coefficient (Wildman–Crippen LogP) is 1.87. The van der Waals surface area contributed by atoms with Gasteiger partial charge in [-0.25, -0.2) is 4.79 Å². The number of hydrogen-bond acceptors (Lipinski definition) is 4. The summed E-state index contributed by atoms with van der Waals surface area (Å²) in [6, 6.07) is 9.35. The predicted molar refractivity (Wildman–Crippen MR) is 87.6 cm³/mol. The van der Waals surface area contributed by atoms with Crippen molar-refractivity contribution >= 4 is 11.6 Å². The molecule has 23 heavy (non-hydrogen) atoms. The molecule has 3 rings (SSSR count). The van der Waals surface area contributed by atoms with Crippen molar-refractivity contribution in [2.24, 2.45) is 0 Å². The van der Waals surface area contributed by atoms with Crippen molar-refractivity contribution in [3.63, 3.8) is 0 Å². The Bertz CT molecular complexity index is 907. The van der Waals surface area contributed by atoms with Gasteiger partial charge >= 0.3 is 5.69 Å². The van der Waals surface area contributed by atoms with Gasteiger partial charge in [0.05, 0.1) is 5.56 Å². The topological polar surface area (TPSA) is 94.8 Å². The molecule has 1 atom stereocenters. The Morgan fingerprint density at radius 2 is 1.83 bits per heavy atom. The molecule has 0 radical (unpaired) electrons. The van der Waals surface area contributed by atoms with Gasteiger partial charge in [0.1, 0.15) is 5.82 Å². The number of carbonyl (C=O) groups is 1. The summed E-state index contributed by atoms with van der Waals surface area (Å²) in [7, 11) is 0. The standard InChI is InChI=1S/C17H17N3O3/c1-3-11(21)12-9(2)18-15-14(16(22)20-17(23)19-15)13(12)10-7-5-4-6-8-10/h4-8,13H,3H2,1-2H3,(H3,18,19,20,22,23). The Labute approximate surface area is 132 Å². The molecule has 2 aromatic rings. The van der Waals surface area contributed by atoms with Crippen LogP contribution in [-0.4, -0.2) is 15.8 Å². The fraction of sp³-hybridized carbons (Fsp3) is 0.235. The summed E-state index contributed by atoms with van der Waals surface area (Å²) in [6.07, 6.45) is 0.342. The third-order valence-electron chi connectivity index (χ3n) is 4.03. The molecule has 1 unspecified atom stereocenters. The smallest absolute Gasteiger partial charge is 0.327 e. The van der Waals surface area contributed by atoms with Gasteiger partial charge in [-0.2, -0.15) is 0 Å². The molecule has 1 aliphatic heterocycles. The van der Waals surface area contributed by atoms with Crippen LogP contribution in [0.2, 0.25) is 0 Å². The van der Waals surface area contributed by atoms with Gasteiger partial charge in [0.15, 0.2) is 5.78 Å². The number of hydrogen-bond donors (Lipinski definition) is 3. The van der Waals surface area contributed by atoms with E-state index in [4.69, 9.17) is 0 Å². The minimum absolute atomic E-state index is 0.0277. The Kier molecular flexibility index (Phi) is 3.73. The van der Waals surface area contributed by atoms with Gasteiger partial charge < -0.3 is 5.32 Å². The highest BCUT2D eigenvalue weighted by Crippen LogP contribution is 2.39. The molecule has 1 aromatic carbocycles. The molecule has 6 heteroatoms. The van der Waals surface area contributed by atoms with E-state index in [0.29, 0.717) is 29.1 Å². The van der Waals surface area contributed by atoms with Crippen LogP contribution in [-0.2, 0) is 4.79 Å². The van der Waals surface area contributed by atoms with E-state index in [1.54, 1.807) is 13.8 Å². The molecule has 1 aliphatic rings. The number of nitrogens with one attached hydrogen (secondary N) is 3. The van der Waals surface area contributed by atoms with Crippen LogP contribution in [0.3, 0.4) is 0 Å². The van der Waals surface area contributed by atoms with Crippen molar-refractivity contribution in [2.75, 3.05) is 5.32 Å². The number of ketones is 1. The number of aromatic nitrogens is 2. The lowest BCUT2D eigenvalue weighted by Gasteiger charge is -2.29. The molecule has 0 fully saturated rings. The SMILES string of the molecule is CCC(=O)C1=C(C)Nc2[nH]c(=O)[nH]c(=O)c2C1c1ccccc1. The van der Waals surface area contributed by atoms with Crippen molar-refractivity contribution in [1.29, 1.82) is 0 Å². The highest BCUT2D eigenvalue weighted by molar-refractivity contribution is 5.99. The fourth-order valence-electron chi connectivity index (χ4n) is 3.03. The number of rotatable bonds is 3. The molecule has 3 N–H and O–H groups in total. The second-order valence-electron chi connectivity index (χ2n) is 5.48. The molecule has 1 aromatic heterocycles. The van der Waals surface area contributed by atoms with Crippen molar-refractivity contribution in [2.45, 2.75) is 26.2 Å². The number of Topliss-reactive ketones (excluding diaryl/α,β-unsaturated/α-hetero) is 1. The number of H-pyrrole nitrogens is 2. The van der Waals surface area contributed by atoms with Gasteiger partial charge in [0.25, 0.3) is 5.56 Å². The van der Waals surface area contributed by atoms with Gasteiger partial charge in [-0.15, -0.1) is 0 Å². The summed E-state index contributed by atoms with van der Waals surface area (Å²) in [4.78, 5) is 41.3. The van der Waals surface area contributed by atoms with E-state index in [1.165, 1.54) is 0 Å². The largest absolute Gasteiger partial charge is 0.345 e. The maximum absolute atomic E-state index is 12.5. The van der Waals surface area contributed by atoms with Crippen LogP contribution in [0, 0.1) is 0 Å². The van der Waals surface area contributed by atoms with Gasteiger partial charge in [0, 0.05) is 23.6 Å². The molecular weight excluding hydrogens is 294 g/mol. The number of allylic oxidation sites excluding steroid dienone is 2. The zero-order chi connectivity index (χ0) is 16.6. The quantitative estimate of drug-likeness (QED) is 0.806. The first-order valence-electron chi connectivity index (χ1n) is 7.45. The van der Waals surface area contributed by atoms with E-state index in [-0.39, 0.29) is 5.78 Å². The lowest BCUT2D eigenvalue weighted by atomic mass is 9.80. The van der Waals surface area contributed by atoms with Gasteiger partial charge in [-0.05, 0) is 12.5 Å². The normalized spacial score (nSPS) is 16.7. The molecule has 0 saturated heterocycles. The maximum atomic E-state index is 12.5. The van der Waals surface area contributed by atoms with Crippen LogP contribution in [0.15, 0.2) is 51.2 Å². The Hall–Kier alpha value is -2.89. The van der Waals surface area contributed by atoms with E-state index >= 15 is 0 Å². The van der Waals surface area contributed by atoms with Crippen molar-refractivity contribution < 1.29 is 4.79 Å². The summed E-state index contributed by atoms with van der Waals surface area (Å²) < 4.78 is 0. The summed E-state index contributed by atoms with van der Waals surface area (Å²) in [5.41, 5.74) is 1.34. The van der Waals surface area contributed by atoms with Crippen LogP contribution in [0.1, 0.15) is 37.3 Å². The van der Waals surface area contributed by atoms with E-state index in [0.717, 1.165) is 5.56 Å². The monoisotopic (exact) mass is 311 g/mol. The van der Waals surface area contributed by atoms with Crippen LogP contribution in [0.4, 0.5) is 5.82 Å². The lowest BCUT2D eigenvalue weighted by molar-refractivity contribution is -0.115. The van der Waals surface area contributed by atoms with E-state index < -0.39 is 17.2 Å². The third kappa shape index (κ3) is 2.52. The van der Waals surface area contributed by atoms with Crippen LogP contribution >= 0.6 is 0 Å². The number of benzene rings is 1. The zero-order valence-electron chi connectivity index (χ0n) is 12.9. The summed E-state index contributed by atoms with van der Waals surface area (Å²) >= 11 is 0. The first-order valence-corrected chi connectivity index (χ1v) is 7.45. The lowest BCUT2D eigenvalue weighted by Crippen LogP contribution is -2.34. The molecule has 0 bridgehead atoms. The summed E-state index contributed by atoms with van der Waals surface area (Å²) in [6.45, 7) is 3.57. The van der Waals surface area contributed by atoms with Crippen LogP contribution < -0.4 is 16.6 Å². The highest BCUT2D eigenvalue weighted by Gasteiger charge is 2.34. The van der Waals surface area contributed by atoms with Gasteiger partial charge in [-0.3, -0.25) is 19.6 Å². The maximum Gasteiger partial charge on any atom is 0.327 e. The minimum atomic E-state index is -0.578. The molecule has 0 aliphatic carbocycles. The Morgan fingerprint density at radius 1 is 1.13 bits per heavy atom. The van der Waals surface area contributed by atoms with E-state index in [9.17, 15) is 14.4 Å². The fourth-order valence-corrected chi connectivity index (χ4v) is 3.03. The van der Waals surface area contributed by atoms with Crippen molar-refractivity contribution in [3.8, 4) is 0 Å². The molecule has 118 valence electrons. The average molecular weight is 311 g/mol. The molecule has 6 nitrogen and oxygen atoms in total. The first kappa shape index (κ1) is 15.0. The second-order valence-corrected chi connectivity index (χ2v) is 5.48. The second kappa shape index (κ2) is 5.72. The number of carbonyl (C=O) groups excluding carboxylic acids is 1. The van der Waals surface area contributed by atoms with Gasteiger partial charge in [0.2, 0.25) is 0 Å². The van der Waals surface area contributed by atoms with E-state index in [1.807, 2.05) is 30.3 Å². The summed E-state index contributed by atoms with van der Waals surface area (Å²) in [5.74, 6) is -0.182. The van der Waals surface area contributed by atoms with Crippen LogP contribution in [0.5, 0.6) is 0 Å².